The second-order valence-electron chi connectivity index (χ2n) is 5.28. The van der Waals surface area contributed by atoms with Crippen molar-refractivity contribution < 1.29 is 14.3 Å². The van der Waals surface area contributed by atoms with Crippen molar-refractivity contribution in [2.24, 2.45) is 0 Å². The number of thiophene rings is 1. The third-order valence-electron chi connectivity index (χ3n) is 3.81. The number of carbonyl (C=O) groups is 1. The quantitative estimate of drug-likeness (QED) is 0.507. The first-order valence-corrected chi connectivity index (χ1v) is 8.24. The van der Waals surface area contributed by atoms with Crippen molar-refractivity contribution in [1.29, 1.82) is 0 Å². The topological polar surface area (TPSA) is 50.2 Å². The lowest BCUT2D eigenvalue weighted by Gasteiger charge is -2.03. The molecule has 0 atom stereocenters. The van der Waals surface area contributed by atoms with Crippen LogP contribution in [0, 0.1) is 5.82 Å². The molecular formula is C18H9ClFNO2S. The summed E-state index contributed by atoms with van der Waals surface area (Å²) in [5.74, 6) is -1.39. The number of aromatic carboxylic acids is 1. The lowest BCUT2D eigenvalue weighted by molar-refractivity contribution is 0.0703. The van der Waals surface area contributed by atoms with E-state index in [0.29, 0.717) is 16.1 Å². The highest BCUT2D eigenvalue weighted by Crippen LogP contribution is 2.41. The molecule has 0 amide bonds. The van der Waals surface area contributed by atoms with Gasteiger partial charge in [0, 0.05) is 32.3 Å². The zero-order valence-electron chi connectivity index (χ0n) is 12.1. The third-order valence-corrected chi connectivity index (χ3v) is 5.27. The van der Waals surface area contributed by atoms with Crippen LogP contribution in [-0.4, -0.2) is 16.1 Å². The van der Waals surface area contributed by atoms with E-state index in [1.165, 1.54) is 23.5 Å². The minimum Gasteiger partial charge on any atom is -0.477 e. The van der Waals surface area contributed by atoms with Gasteiger partial charge in [0.25, 0.3) is 0 Å². The molecule has 0 bridgehead atoms. The molecule has 0 aliphatic carbocycles. The predicted molar refractivity (Wildman–Crippen MR) is 94.5 cm³/mol. The number of halogens is 2. The number of pyridine rings is 1. The molecule has 0 fully saturated rings. The van der Waals surface area contributed by atoms with Crippen LogP contribution in [0.15, 0.2) is 48.7 Å². The molecule has 0 aliphatic rings. The molecule has 0 spiro atoms. The average Bonchev–Trinajstić information content (AvgIpc) is 2.96. The Morgan fingerprint density at radius 2 is 1.88 bits per heavy atom. The van der Waals surface area contributed by atoms with Crippen molar-refractivity contribution >= 4 is 49.9 Å². The van der Waals surface area contributed by atoms with E-state index in [9.17, 15) is 14.3 Å². The van der Waals surface area contributed by atoms with Crippen LogP contribution in [-0.2, 0) is 0 Å². The fourth-order valence-electron chi connectivity index (χ4n) is 2.76. The van der Waals surface area contributed by atoms with Crippen LogP contribution in [0.2, 0.25) is 5.02 Å². The minimum atomic E-state index is -1.02. The molecular weight excluding hydrogens is 349 g/mol. The number of benzene rings is 2. The Morgan fingerprint density at radius 3 is 2.58 bits per heavy atom. The Kier molecular flexibility index (Phi) is 3.48. The van der Waals surface area contributed by atoms with E-state index in [0.717, 1.165) is 21.0 Å². The minimum absolute atomic E-state index is 0.200. The summed E-state index contributed by atoms with van der Waals surface area (Å²) in [4.78, 5) is 16.3. The summed E-state index contributed by atoms with van der Waals surface area (Å²) in [7, 11) is 0. The Balaban J connectivity index is 2.13. The van der Waals surface area contributed by atoms with E-state index in [1.54, 1.807) is 36.5 Å². The first-order chi connectivity index (χ1) is 11.5. The fraction of sp³-hybridized carbons (Fsp3) is 0. The highest BCUT2D eigenvalue weighted by atomic mass is 35.5. The standard InChI is InChI=1S/C18H9ClFNO2S/c19-10-3-6-14-12(7-10)16-13(8-21-14)15(17(24-16)18(22)23)9-1-4-11(20)5-2-9/h1-8H,(H,22,23). The largest absolute Gasteiger partial charge is 0.477 e. The molecule has 4 aromatic rings. The van der Waals surface area contributed by atoms with Crippen LogP contribution >= 0.6 is 22.9 Å². The van der Waals surface area contributed by atoms with E-state index in [-0.39, 0.29) is 10.7 Å². The van der Waals surface area contributed by atoms with Crippen molar-refractivity contribution in [3.63, 3.8) is 0 Å². The third kappa shape index (κ3) is 2.33. The molecule has 24 heavy (non-hydrogen) atoms. The molecule has 0 unspecified atom stereocenters. The van der Waals surface area contributed by atoms with Gasteiger partial charge in [0.2, 0.25) is 0 Å². The van der Waals surface area contributed by atoms with E-state index in [4.69, 9.17) is 11.6 Å². The Hall–Kier alpha value is -2.50. The predicted octanol–water partition coefficient (Wildman–Crippen LogP) is 5.61. The van der Waals surface area contributed by atoms with Gasteiger partial charge in [-0.25, -0.2) is 9.18 Å². The SMILES string of the molecule is O=C(O)c1sc2c(cnc3ccc(Cl)cc32)c1-c1ccc(F)cc1. The number of carboxylic acids is 1. The Morgan fingerprint density at radius 1 is 1.12 bits per heavy atom. The summed E-state index contributed by atoms with van der Waals surface area (Å²) < 4.78 is 14.0. The van der Waals surface area contributed by atoms with Gasteiger partial charge in [-0.15, -0.1) is 11.3 Å². The molecule has 2 aromatic carbocycles. The Bertz CT molecular complexity index is 1110. The summed E-state index contributed by atoms with van der Waals surface area (Å²) in [5.41, 5.74) is 1.94. The number of nitrogens with zero attached hydrogens (tertiary/aromatic N) is 1. The molecule has 0 saturated heterocycles. The molecule has 2 heterocycles. The summed E-state index contributed by atoms with van der Waals surface area (Å²) >= 11 is 7.26. The van der Waals surface area contributed by atoms with Crippen LogP contribution in [0.1, 0.15) is 9.67 Å². The van der Waals surface area contributed by atoms with Gasteiger partial charge in [0.1, 0.15) is 10.7 Å². The highest BCUT2D eigenvalue weighted by molar-refractivity contribution is 7.22. The van der Waals surface area contributed by atoms with Gasteiger partial charge in [-0.3, -0.25) is 4.98 Å². The fourth-order valence-corrected chi connectivity index (χ4v) is 4.09. The van der Waals surface area contributed by atoms with Gasteiger partial charge in [0.15, 0.2) is 0 Å². The molecule has 0 aliphatic heterocycles. The normalized spacial score (nSPS) is 11.2. The van der Waals surface area contributed by atoms with E-state index < -0.39 is 5.97 Å². The van der Waals surface area contributed by atoms with Crippen molar-refractivity contribution in [2.75, 3.05) is 0 Å². The maximum Gasteiger partial charge on any atom is 0.346 e. The second kappa shape index (κ2) is 5.54. The van der Waals surface area contributed by atoms with Gasteiger partial charge in [-0.1, -0.05) is 23.7 Å². The molecule has 4 rings (SSSR count). The van der Waals surface area contributed by atoms with Crippen molar-refractivity contribution in [1.82, 2.24) is 4.98 Å². The van der Waals surface area contributed by atoms with Crippen molar-refractivity contribution in [2.45, 2.75) is 0 Å². The molecule has 118 valence electrons. The van der Waals surface area contributed by atoms with Gasteiger partial charge >= 0.3 is 5.97 Å². The molecule has 3 nitrogen and oxygen atoms in total. The summed E-state index contributed by atoms with van der Waals surface area (Å²) in [6.07, 6.45) is 1.66. The lowest BCUT2D eigenvalue weighted by Crippen LogP contribution is -1.94. The van der Waals surface area contributed by atoms with Crippen LogP contribution in [0.4, 0.5) is 4.39 Å². The highest BCUT2D eigenvalue weighted by Gasteiger charge is 2.21. The summed E-state index contributed by atoms with van der Waals surface area (Å²) in [5, 5.41) is 11.7. The number of hydrogen-bond donors (Lipinski definition) is 1. The van der Waals surface area contributed by atoms with Crippen LogP contribution in [0.3, 0.4) is 0 Å². The molecule has 0 radical (unpaired) electrons. The monoisotopic (exact) mass is 357 g/mol. The van der Waals surface area contributed by atoms with Gasteiger partial charge < -0.3 is 5.11 Å². The van der Waals surface area contributed by atoms with E-state index in [1.807, 2.05) is 0 Å². The van der Waals surface area contributed by atoms with Crippen molar-refractivity contribution in [3.05, 3.63) is 64.4 Å². The number of rotatable bonds is 2. The van der Waals surface area contributed by atoms with Gasteiger partial charge in [-0.05, 0) is 35.9 Å². The Labute approximate surface area is 145 Å². The molecule has 2 aromatic heterocycles. The van der Waals surface area contributed by atoms with Crippen molar-refractivity contribution in [3.8, 4) is 11.1 Å². The van der Waals surface area contributed by atoms with E-state index >= 15 is 0 Å². The number of aromatic nitrogens is 1. The van der Waals surface area contributed by atoms with E-state index in [2.05, 4.69) is 4.98 Å². The maximum atomic E-state index is 13.2. The van der Waals surface area contributed by atoms with Gasteiger partial charge in [0.05, 0.1) is 5.52 Å². The van der Waals surface area contributed by atoms with Crippen LogP contribution in [0.25, 0.3) is 32.1 Å². The van der Waals surface area contributed by atoms with Gasteiger partial charge in [-0.2, -0.15) is 0 Å². The lowest BCUT2D eigenvalue weighted by atomic mass is 10.0. The smallest absolute Gasteiger partial charge is 0.346 e. The molecule has 0 saturated carbocycles. The average molecular weight is 358 g/mol. The zero-order chi connectivity index (χ0) is 16.8. The van der Waals surface area contributed by atoms with Crippen LogP contribution in [0.5, 0.6) is 0 Å². The zero-order valence-corrected chi connectivity index (χ0v) is 13.7. The maximum absolute atomic E-state index is 13.2. The second-order valence-corrected chi connectivity index (χ2v) is 6.74. The number of hydrogen-bond acceptors (Lipinski definition) is 3. The summed E-state index contributed by atoms with van der Waals surface area (Å²) in [6, 6.07) is 11.1. The van der Waals surface area contributed by atoms with Crippen LogP contribution < -0.4 is 0 Å². The summed E-state index contributed by atoms with van der Waals surface area (Å²) in [6.45, 7) is 0. The molecule has 1 N–H and O–H groups in total. The first-order valence-electron chi connectivity index (χ1n) is 7.04. The number of carboxylic acid groups (broad SMARTS) is 1. The number of fused-ring (bicyclic) bond motifs is 3. The molecule has 6 heteroatoms. The first kappa shape index (κ1) is 15.1.